The van der Waals surface area contributed by atoms with Gasteiger partial charge in [-0.2, -0.15) is 5.10 Å². The molecule has 0 saturated carbocycles. The molecule has 0 heterocycles. The van der Waals surface area contributed by atoms with Gasteiger partial charge in [-0.3, -0.25) is 5.43 Å². The average molecular weight is 316 g/mol. The molecule has 0 aromatic heterocycles. The van der Waals surface area contributed by atoms with Crippen LogP contribution in [0.25, 0.3) is 0 Å². The van der Waals surface area contributed by atoms with Crippen molar-refractivity contribution >= 4 is 11.9 Å². The fourth-order valence-electron chi connectivity index (χ4n) is 2.31. The summed E-state index contributed by atoms with van der Waals surface area (Å²) in [4.78, 5) is 0. The number of aryl methyl sites for hydroxylation is 1. The predicted molar refractivity (Wildman–Crippen MR) is 99.6 cm³/mol. The summed E-state index contributed by atoms with van der Waals surface area (Å²) in [7, 11) is 0. The molecular formula is C21H20N2O. The maximum Gasteiger partial charge on any atom is 0.120 e. The smallest absolute Gasteiger partial charge is 0.120 e. The number of hydrazone groups is 1. The molecule has 0 amide bonds. The second-order valence-electron chi connectivity index (χ2n) is 5.53. The summed E-state index contributed by atoms with van der Waals surface area (Å²) in [5.74, 6) is 0.865. The number of nitrogens with zero attached hydrogens (tertiary/aromatic N) is 1. The van der Waals surface area contributed by atoms with Gasteiger partial charge in [0.25, 0.3) is 0 Å². The molecule has 0 unspecified atom stereocenters. The molecule has 0 aliphatic rings. The summed E-state index contributed by atoms with van der Waals surface area (Å²) in [5, 5.41) is 4.28. The van der Waals surface area contributed by atoms with Crippen molar-refractivity contribution in [1.82, 2.24) is 0 Å². The fourth-order valence-corrected chi connectivity index (χ4v) is 2.31. The van der Waals surface area contributed by atoms with E-state index in [1.54, 1.807) is 0 Å². The SMILES string of the molecule is Cc1cc(OCc2ccccc2)ccc1C=NNc1ccccc1. The Kier molecular flexibility index (Phi) is 5.25. The minimum absolute atomic E-state index is 0.573. The predicted octanol–water partition coefficient (Wildman–Crippen LogP) is 5.02. The van der Waals surface area contributed by atoms with Crippen molar-refractivity contribution in [3.05, 3.63) is 95.6 Å². The van der Waals surface area contributed by atoms with Crippen molar-refractivity contribution in [1.29, 1.82) is 0 Å². The molecule has 0 spiro atoms. The maximum atomic E-state index is 5.84. The highest BCUT2D eigenvalue weighted by atomic mass is 16.5. The van der Waals surface area contributed by atoms with Crippen molar-refractivity contribution in [2.24, 2.45) is 5.10 Å². The Labute approximate surface area is 142 Å². The van der Waals surface area contributed by atoms with E-state index in [0.717, 1.165) is 28.1 Å². The second-order valence-corrected chi connectivity index (χ2v) is 5.53. The molecular weight excluding hydrogens is 296 g/mol. The van der Waals surface area contributed by atoms with Gasteiger partial charge in [-0.1, -0.05) is 48.5 Å². The molecule has 0 fully saturated rings. The quantitative estimate of drug-likeness (QED) is 0.512. The zero-order chi connectivity index (χ0) is 16.6. The molecule has 3 aromatic carbocycles. The van der Waals surface area contributed by atoms with E-state index in [-0.39, 0.29) is 0 Å². The lowest BCUT2D eigenvalue weighted by Crippen LogP contribution is -1.97. The van der Waals surface area contributed by atoms with Crippen molar-refractivity contribution in [3.8, 4) is 5.75 Å². The number of hydrogen-bond donors (Lipinski definition) is 1. The lowest BCUT2D eigenvalue weighted by molar-refractivity contribution is 0.306. The Morgan fingerprint density at radius 1 is 0.917 bits per heavy atom. The summed E-state index contributed by atoms with van der Waals surface area (Å²) in [5.41, 5.74) is 7.33. The van der Waals surface area contributed by atoms with E-state index in [4.69, 9.17) is 4.74 Å². The number of anilines is 1. The number of rotatable bonds is 6. The van der Waals surface area contributed by atoms with E-state index in [9.17, 15) is 0 Å². The maximum absolute atomic E-state index is 5.84. The summed E-state index contributed by atoms with van der Waals surface area (Å²) < 4.78 is 5.84. The second kappa shape index (κ2) is 7.97. The summed E-state index contributed by atoms with van der Waals surface area (Å²) in [6.07, 6.45) is 1.82. The molecule has 3 rings (SSSR count). The van der Waals surface area contributed by atoms with Crippen molar-refractivity contribution in [2.45, 2.75) is 13.5 Å². The first kappa shape index (κ1) is 15.8. The third-order valence-electron chi connectivity index (χ3n) is 3.66. The van der Waals surface area contributed by atoms with Gasteiger partial charge in [0.2, 0.25) is 0 Å². The third-order valence-corrected chi connectivity index (χ3v) is 3.66. The van der Waals surface area contributed by atoms with Gasteiger partial charge >= 0.3 is 0 Å². The van der Waals surface area contributed by atoms with Gasteiger partial charge < -0.3 is 4.74 Å². The monoisotopic (exact) mass is 316 g/mol. The lowest BCUT2D eigenvalue weighted by atomic mass is 10.1. The van der Waals surface area contributed by atoms with Crippen LogP contribution in [-0.2, 0) is 6.61 Å². The first-order valence-corrected chi connectivity index (χ1v) is 7.93. The molecule has 24 heavy (non-hydrogen) atoms. The zero-order valence-electron chi connectivity index (χ0n) is 13.6. The van der Waals surface area contributed by atoms with Gasteiger partial charge in [-0.05, 0) is 53.9 Å². The largest absolute Gasteiger partial charge is 0.489 e. The highest BCUT2D eigenvalue weighted by Crippen LogP contribution is 2.17. The Bertz CT molecular complexity index is 799. The summed E-state index contributed by atoms with van der Waals surface area (Å²) in [6, 6.07) is 26.1. The minimum Gasteiger partial charge on any atom is -0.489 e. The molecule has 0 bridgehead atoms. The molecule has 3 nitrogen and oxygen atoms in total. The molecule has 0 aliphatic carbocycles. The first-order chi connectivity index (χ1) is 11.8. The van der Waals surface area contributed by atoms with Crippen LogP contribution in [0.1, 0.15) is 16.7 Å². The molecule has 3 heteroatoms. The lowest BCUT2D eigenvalue weighted by Gasteiger charge is -2.08. The van der Waals surface area contributed by atoms with Gasteiger partial charge in [0.1, 0.15) is 12.4 Å². The fraction of sp³-hybridized carbons (Fsp3) is 0.0952. The van der Waals surface area contributed by atoms with Crippen LogP contribution in [0.4, 0.5) is 5.69 Å². The van der Waals surface area contributed by atoms with Crippen LogP contribution in [0.3, 0.4) is 0 Å². The van der Waals surface area contributed by atoms with E-state index in [2.05, 4.69) is 29.6 Å². The van der Waals surface area contributed by atoms with Gasteiger partial charge in [0.15, 0.2) is 0 Å². The van der Waals surface area contributed by atoms with Gasteiger partial charge in [0, 0.05) is 0 Å². The molecule has 0 aliphatic heterocycles. The van der Waals surface area contributed by atoms with Crippen molar-refractivity contribution in [2.75, 3.05) is 5.43 Å². The van der Waals surface area contributed by atoms with Crippen LogP contribution in [0.2, 0.25) is 0 Å². The van der Waals surface area contributed by atoms with Crippen molar-refractivity contribution < 1.29 is 4.74 Å². The van der Waals surface area contributed by atoms with Crippen LogP contribution < -0.4 is 10.2 Å². The van der Waals surface area contributed by atoms with E-state index in [1.165, 1.54) is 0 Å². The van der Waals surface area contributed by atoms with Crippen LogP contribution in [0.5, 0.6) is 5.75 Å². The Morgan fingerprint density at radius 3 is 2.33 bits per heavy atom. The number of hydrogen-bond acceptors (Lipinski definition) is 3. The Hall–Kier alpha value is -3.07. The standard InChI is InChI=1S/C21H20N2O/c1-17-14-21(24-16-18-8-4-2-5-9-18)13-12-19(17)15-22-23-20-10-6-3-7-11-20/h2-15,23H,16H2,1H3. The molecule has 120 valence electrons. The van der Waals surface area contributed by atoms with Crippen LogP contribution in [-0.4, -0.2) is 6.21 Å². The topological polar surface area (TPSA) is 33.6 Å². The highest BCUT2D eigenvalue weighted by molar-refractivity contribution is 5.82. The van der Waals surface area contributed by atoms with E-state index in [1.807, 2.05) is 72.9 Å². The van der Waals surface area contributed by atoms with Crippen molar-refractivity contribution in [3.63, 3.8) is 0 Å². The Morgan fingerprint density at radius 2 is 1.62 bits per heavy atom. The Balaban J connectivity index is 1.60. The van der Waals surface area contributed by atoms with E-state index >= 15 is 0 Å². The molecule has 0 atom stereocenters. The number of nitrogens with one attached hydrogen (secondary N) is 1. The van der Waals surface area contributed by atoms with Gasteiger partial charge in [-0.15, -0.1) is 0 Å². The van der Waals surface area contributed by atoms with E-state index < -0.39 is 0 Å². The minimum atomic E-state index is 0.573. The number of para-hydroxylation sites is 1. The van der Waals surface area contributed by atoms with Crippen LogP contribution >= 0.6 is 0 Å². The molecule has 3 aromatic rings. The summed E-state index contributed by atoms with van der Waals surface area (Å²) >= 11 is 0. The number of ether oxygens (including phenoxy) is 1. The first-order valence-electron chi connectivity index (χ1n) is 7.93. The molecule has 0 saturated heterocycles. The normalized spacial score (nSPS) is 10.7. The van der Waals surface area contributed by atoms with Crippen LogP contribution in [0.15, 0.2) is 84.0 Å². The molecule has 0 radical (unpaired) electrons. The number of benzene rings is 3. The zero-order valence-corrected chi connectivity index (χ0v) is 13.6. The molecule has 1 N–H and O–H groups in total. The average Bonchev–Trinajstić information content (AvgIpc) is 2.63. The van der Waals surface area contributed by atoms with E-state index in [0.29, 0.717) is 6.61 Å². The van der Waals surface area contributed by atoms with Gasteiger partial charge in [0.05, 0.1) is 11.9 Å². The van der Waals surface area contributed by atoms with Crippen LogP contribution in [0, 0.1) is 6.92 Å². The summed E-state index contributed by atoms with van der Waals surface area (Å²) in [6.45, 7) is 2.63. The highest BCUT2D eigenvalue weighted by Gasteiger charge is 2.00. The van der Waals surface area contributed by atoms with Gasteiger partial charge in [-0.25, -0.2) is 0 Å². The third kappa shape index (κ3) is 4.46.